The van der Waals surface area contributed by atoms with Gasteiger partial charge in [-0.25, -0.2) is 19.4 Å². The molecular weight excluding hydrogens is 365 g/mol. The molecule has 0 aliphatic carbocycles. The van der Waals surface area contributed by atoms with Crippen LogP contribution in [0.1, 0.15) is 29.4 Å². The summed E-state index contributed by atoms with van der Waals surface area (Å²) in [4.78, 5) is 24.5. The van der Waals surface area contributed by atoms with E-state index in [9.17, 15) is 9.18 Å². The fourth-order valence-corrected chi connectivity index (χ4v) is 2.73. The summed E-state index contributed by atoms with van der Waals surface area (Å²) in [6.07, 6.45) is 8.52. The normalized spacial score (nSPS) is 18.4. The van der Waals surface area contributed by atoms with E-state index in [0.717, 1.165) is 0 Å². The highest BCUT2D eigenvalue weighted by atomic mass is 19.1. The lowest BCUT2D eigenvalue weighted by molar-refractivity contribution is 0.102. The number of ether oxygens (including phenoxy) is 2. The SMILES string of the molecule is C#C[C@@]1(c2cc(NC(=O)c3cnc(OCC)cn3)ccc2F)CCOC(N)=N1. The van der Waals surface area contributed by atoms with Crippen molar-refractivity contribution >= 4 is 17.6 Å². The standard InChI is InChI=1S/C19H18FN5O3/c1-3-19(7-8-28-18(21)25-19)13-9-12(5-6-14(13)20)24-17(26)15-10-23-16(11-22-15)27-4-2/h1,5-6,9-11H,4,7-8H2,2H3,(H2,21,25)(H,24,26)/t19-/m0/s1. The monoisotopic (exact) mass is 383 g/mol. The van der Waals surface area contributed by atoms with Crippen LogP contribution in [0.2, 0.25) is 0 Å². The van der Waals surface area contributed by atoms with Gasteiger partial charge in [0.1, 0.15) is 11.5 Å². The molecule has 144 valence electrons. The van der Waals surface area contributed by atoms with Crippen LogP contribution in [-0.4, -0.2) is 35.1 Å². The molecule has 1 aliphatic rings. The molecule has 9 heteroatoms. The molecule has 0 fully saturated rings. The summed E-state index contributed by atoms with van der Waals surface area (Å²) in [7, 11) is 0. The Morgan fingerprint density at radius 1 is 1.46 bits per heavy atom. The van der Waals surface area contributed by atoms with Crippen LogP contribution in [-0.2, 0) is 10.3 Å². The van der Waals surface area contributed by atoms with Gasteiger partial charge in [-0.2, -0.15) is 0 Å². The van der Waals surface area contributed by atoms with Crippen molar-refractivity contribution in [1.82, 2.24) is 9.97 Å². The Balaban J connectivity index is 1.86. The second-order valence-electron chi connectivity index (χ2n) is 5.87. The van der Waals surface area contributed by atoms with E-state index >= 15 is 0 Å². The van der Waals surface area contributed by atoms with Crippen molar-refractivity contribution < 1.29 is 18.7 Å². The zero-order valence-corrected chi connectivity index (χ0v) is 15.1. The van der Waals surface area contributed by atoms with Crippen molar-refractivity contribution in [3.05, 3.63) is 47.7 Å². The number of nitrogens with two attached hydrogens (primary N) is 1. The number of amides is 1. The maximum absolute atomic E-state index is 14.5. The van der Waals surface area contributed by atoms with E-state index in [1.807, 2.05) is 6.92 Å². The van der Waals surface area contributed by atoms with E-state index in [0.29, 0.717) is 18.2 Å². The van der Waals surface area contributed by atoms with Crippen LogP contribution in [0.4, 0.5) is 10.1 Å². The van der Waals surface area contributed by atoms with E-state index < -0.39 is 17.3 Å². The second kappa shape index (κ2) is 7.92. The first-order valence-electron chi connectivity index (χ1n) is 8.49. The van der Waals surface area contributed by atoms with Gasteiger partial charge in [-0.05, 0) is 25.1 Å². The van der Waals surface area contributed by atoms with Gasteiger partial charge in [0.15, 0.2) is 5.54 Å². The van der Waals surface area contributed by atoms with Crippen LogP contribution in [0.5, 0.6) is 5.88 Å². The van der Waals surface area contributed by atoms with Crippen LogP contribution >= 0.6 is 0 Å². The number of hydrogen-bond acceptors (Lipinski definition) is 7. The molecule has 0 saturated carbocycles. The predicted octanol–water partition coefficient (Wildman–Crippen LogP) is 1.83. The third kappa shape index (κ3) is 3.86. The molecule has 2 aromatic rings. The van der Waals surface area contributed by atoms with Crippen molar-refractivity contribution in [3.8, 4) is 18.2 Å². The average molecular weight is 383 g/mol. The summed E-state index contributed by atoms with van der Waals surface area (Å²) in [5.74, 6) is 1.74. The first kappa shape index (κ1) is 19.1. The lowest BCUT2D eigenvalue weighted by Crippen LogP contribution is -2.35. The zero-order chi connectivity index (χ0) is 20.1. The van der Waals surface area contributed by atoms with Crippen molar-refractivity contribution in [2.45, 2.75) is 18.9 Å². The maximum atomic E-state index is 14.5. The number of benzene rings is 1. The summed E-state index contributed by atoms with van der Waals surface area (Å²) in [5, 5.41) is 2.64. The van der Waals surface area contributed by atoms with Crippen LogP contribution in [0, 0.1) is 18.2 Å². The Labute approximate surface area is 161 Å². The lowest BCUT2D eigenvalue weighted by atomic mass is 9.87. The Kier molecular flexibility index (Phi) is 5.40. The van der Waals surface area contributed by atoms with Crippen molar-refractivity contribution in [1.29, 1.82) is 0 Å². The number of amidine groups is 1. The van der Waals surface area contributed by atoms with Crippen LogP contribution in [0.3, 0.4) is 0 Å². The lowest BCUT2D eigenvalue weighted by Gasteiger charge is -2.29. The number of nitrogens with one attached hydrogen (secondary N) is 1. The molecule has 1 amide bonds. The number of terminal acetylenes is 1. The first-order chi connectivity index (χ1) is 13.5. The molecule has 28 heavy (non-hydrogen) atoms. The minimum atomic E-state index is -1.30. The van der Waals surface area contributed by atoms with Crippen LogP contribution in [0.25, 0.3) is 0 Å². The molecule has 1 aliphatic heterocycles. The molecule has 1 aromatic carbocycles. The Morgan fingerprint density at radius 2 is 2.29 bits per heavy atom. The average Bonchev–Trinajstić information content (AvgIpc) is 2.70. The number of carbonyl (C=O) groups is 1. The molecule has 2 heterocycles. The maximum Gasteiger partial charge on any atom is 0.283 e. The summed E-state index contributed by atoms with van der Waals surface area (Å²) in [5.41, 5.74) is 4.84. The van der Waals surface area contributed by atoms with Gasteiger partial charge in [-0.15, -0.1) is 6.42 Å². The Bertz CT molecular complexity index is 955. The van der Waals surface area contributed by atoms with E-state index in [1.54, 1.807) is 0 Å². The van der Waals surface area contributed by atoms with Gasteiger partial charge in [-0.1, -0.05) is 5.92 Å². The summed E-state index contributed by atoms with van der Waals surface area (Å²) in [6, 6.07) is 3.93. The van der Waals surface area contributed by atoms with Gasteiger partial charge < -0.3 is 20.5 Å². The quantitative estimate of drug-likeness (QED) is 0.762. The molecule has 8 nitrogen and oxygen atoms in total. The molecule has 0 unspecified atom stereocenters. The number of anilines is 1. The van der Waals surface area contributed by atoms with Crippen molar-refractivity contribution in [2.24, 2.45) is 10.7 Å². The minimum absolute atomic E-state index is 0.0781. The van der Waals surface area contributed by atoms with Gasteiger partial charge in [0.05, 0.1) is 25.6 Å². The summed E-state index contributed by atoms with van der Waals surface area (Å²) >= 11 is 0. The number of aromatic nitrogens is 2. The minimum Gasteiger partial charge on any atom is -0.477 e. The van der Waals surface area contributed by atoms with E-state index in [1.165, 1.54) is 30.6 Å². The summed E-state index contributed by atoms with van der Waals surface area (Å²) < 4.78 is 24.8. The number of nitrogens with zero attached hydrogens (tertiary/aromatic N) is 3. The largest absolute Gasteiger partial charge is 0.477 e. The third-order valence-electron chi connectivity index (χ3n) is 4.08. The van der Waals surface area contributed by atoms with Crippen LogP contribution < -0.4 is 15.8 Å². The molecule has 3 N–H and O–H groups in total. The third-order valence-corrected chi connectivity index (χ3v) is 4.08. The molecule has 0 spiro atoms. The van der Waals surface area contributed by atoms with E-state index in [4.69, 9.17) is 21.6 Å². The van der Waals surface area contributed by atoms with Gasteiger partial charge in [0.2, 0.25) is 5.88 Å². The Hall–Kier alpha value is -3.67. The molecule has 0 bridgehead atoms. The molecule has 1 atom stereocenters. The molecular formula is C19H18FN5O3. The van der Waals surface area contributed by atoms with Gasteiger partial charge >= 0.3 is 0 Å². The second-order valence-corrected chi connectivity index (χ2v) is 5.87. The topological polar surface area (TPSA) is 112 Å². The van der Waals surface area contributed by atoms with E-state index in [-0.39, 0.29) is 30.3 Å². The number of rotatable bonds is 5. The highest BCUT2D eigenvalue weighted by Gasteiger charge is 2.36. The molecule has 0 radical (unpaired) electrons. The van der Waals surface area contributed by atoms with Crippen LogP contribution in [0.15, 0.2) is 35.6 Å². The smallest absolute Gasteiger partial charge is 0.283 e. The molecule has 0 saturated heterocycles. The summed E-state index contributed by atoms with van der Waals surface area (Å²) in [6.45, 7) is 2.46. The predicted molar refractivity (Wildman–Crippen MR) is 100 cm³/mol. The highest BCUT2D eigenvalue weighted by Crippen LogP contribution is 2.35. The van der Waals surface area contributed by atoms with Gasteiger partial charge in [0.25, 0.3) is 11.9 Å². The number of aliphatic imine (C=N–C) groups is 1. The number of hydrogen-bond donors (Lipinski definition) is 2. The fraction of sp³-hybridized carbons (Fsp3) is 0.263. The fourth-order valence-electron chi connectivity index (χ4n) is 2.73. The van der Waals surface area contributed by atoms with E-state index in [2.05, 4.69) is 26.2 Å². The Morgan fingerprint density at radius 3 is 2.93 bits per heavy atom. The van der Waals surface area contributed by atoms with Crippen molar-refractivity contribution in [3.63, 3.8) is 0 Å². The number of halogens is 1. The van der Waals surface area contributed by atoms with Gasteiger partial charge in [0, 0.05) is 17.7 Å². The van der Waals surface area contributed by atoms with Crippen molar-refractivity contribution in [2.75, 3.05) is 18.5 Å². The molecule has 1 aromatic heterocycles. The first-order valence-corrected chi connectivity index (χ1v) is 8.49. The number of carbonyl (C=O) groups excluding carboxylic acids is 1. The molecule has 3 rings (SSSR count). The zero-order valence-electron chi connectivity index (χ0n) is 15.1. The van der Waals surface area contributed by atoms with Gasteiger partial charge in [-0.3, -0.25) is 4.79 Å². The highest BCUT2D eigenvalue weighted by molar-refractivity contribution is 6.02.